The highest BCUT2D eigenvalue weighted by Gasteiger charge is 2.33. The molecule has 124 valence electrons. The van der Waals surface area contributed by atoms with Crippen LogP contribution in [-0.2, 0) is 14.1 Å². The second-order valence-electron chi connectivity index (χ2n) is 5.86. The van der Waals surface area contributed by atoms with Crippen molar-refractivity contribution in [3.8, 4) is 0 Å². The Morgan fingerprint density at radius 1 is 1.22 bits per heavy atom. The SMILES string of the molecule is Cn1cc(Cl)c(C2CCCCCN2C(=O)c2c(Cl)cnn2C)n1. The molecule has 1 fully saturated rings. The highest BCUT2D eigenvalue weighted by molar-refractivity contribution is 6.33. The molecule has 23 heavy (non-hydrogen) atoms. The number of rotatable bonds is 2. The molecule has 3 rings (SSSR count). The van der Waals surface area contributed by atoms with E-state index in [0.29, 0.717) is 22.3 Å². The fraction of sp³-hybridized carbons (Fsp3) is 0.533. The number of hydrogen-bond acceptors (Lipinski definition) is 3. The van der Waals surface area contributed by atoms with Crippen molar-refractivity contribution in [2.45, 2.75) is 31.7 Å². The van der Waals surface area contributed by atoms with Gasteiger partial charge in [-0.3, -0.25) is 14.2 Å². The van der Waals surface area contributed by atoms with Gasteiger partial charge in [0.05, 0.1) is 22.3 Å². The van der Waals surface area contributed by atoms with E-state index in [0.717, 1.165) is 31.4 Å². The number of likely N-dealkylation sites (tertiary alicyclic amines) is 1. The minimum Gasteiger partial charge on any atom is -0.329 e. The Morgan fingerprint density at radius 2 is 2.00 bits per heavy atom. The second kappa shape index (κ2) is 6.53. The summed E-state index contributed by atoms with van der Waals surface area (Å²) in [6.45, 7) is 0.665. The topological polar surface area (TPSA) is 56.0 Å². The van der Waals surface area contributed by atoms with Crippen LogP contribution in [0.25, 0.3) is 0 Å². The van der Waals surface area contributed by atoms with Gasteiger partial charge in [0.1, 0.15) is 11.4 Å². The summed E-state index contributed by atoms with van der Waals surface area (Å²) in [5.74, 6) is -0.122. The molecule has 8 heteroatoms. The third-order valence-corrected chi connectivity index (χ3v) is 4.80. The van der Waals surface area contributed by atoms with Gasteiger partial charge in [-0.25, -0.2) is 0 Å². The van der Waals surface area contributed by atoms with E-state index in [4.69, 9.17) is 23.2 Å². The first-order chi connectivity index (χ1) is 11.0. The smallest absolute Gasteiger partial charge is 0.274 e. The average molecular weight is 356 g/mol. The lowest BCUT2D eigenvalue weighted by Crippen LogP contribution is -2.36. The van der Waals surface area contributed by atoms with Gasteiger partial charge in [0.25, 0.3) is 5.91 Å². The highest BCUT2D eigenvalue weighted by Crippen LogP contribution is 2.34. The Kier molecular flexibility index (Phi) is 4.64. The first-order valence-electron chi connectivity index (χ1n) is 7.66. The van der Waals surface area contributed by atoms with E-state index < -0.39 is 0 Å². The summed E-state index contributed by atoms with van der Waals surface area (Å²) < 4.78 is 3.20. The number of aromatic nitrogens is 4. The van der Waals surface area contributed by atoms with Crippen LogP contribution in [0.5, 0.6) is 0 Å². The van der Waals surface area contributed by atoms with Crippen molar-refractivity contribution in [1.82, 2.24) is 24.5 Å². The molecule has 1 aliphatic heterocycles. The molecule has 0 aromatic carbocycles. The molecule has 0 radical (unpaired) electrons. The molecule has 1 aliphatic rings. The van der Waals surface area contributed by atoms with Crippen LogP contribution < -0.4 is 0 Å². The number of amides is 1. The first-order valence-corrected chi connectivity index (χ1v) is 8.42. The number of hydrogen-bond donors (Lipinski definition) is 0. The predicted octanol–water partition coefficient (Wildman–Crippen LogP) is 3.22. The van der Waals surface area contributed by atoms with E-state index in [2.05, 4.69) is 10.2 Å². The van der Waals surface area contributed by atoms with Gasteiger partial charge in [-0.2, -0.15) is 10.2 Å². The lowest BCUT2D eigenvalue weighted by Gasteiger charge is -2.29. The molecule has 6 nitrogen and oxygen atoms in total. The molecule has 0 spiro atoms. The second-order valence-corrected chi connectivity index (χ2v) is 6.68. The quantitative estimate of drug-likeness (QED) is 0.830. The monoisotopic (exact) mass is 355 g/mol. The Labute approximate surface area is 145 Å². The Bertz CT molecular complexity index is 704. The van der Waals surface area contributed by atoms with E-state index >= 15 is 0 Å². The summed E-state index contributed by atoms with van der Waals surface area (Å²) in [6, 6.07) is -0.135. The molecule has 0 bridgehead atoms. The molecule has 3 heterocycles. The normalized spacial score (nSPS) is 19.0. The Balaban J connectivity index is 1.99. The predicted molar refractivity (Wildman–Crippen MR) is 88.7 cm³/mol. The first kappa shape index (κ1) is 16.3. The lowest BCUT2D eigenvalue weighted by molar-refractivity contribution is 0.0665. The summed E-state index contributed by atoms with van der Waals surface area (Å²) >= 11 is 12.5. The van der Waals surface area contributed by atoms with Gasteiger partial charge in [-0.05, 0) is 12.8 Å². The van der Waals surface area contributed by atoms with Gasteiger partial charge in [-0.15, -0.1) is 0 Å². The zero-order valence-corrected chi connectivity index (χ0v) is 14.7. The van der Waals surface area contributed by atoms with Crippen LogP contribution in [0.2, 0.25) is 10.0 Å². The largest absolute Gasteiger partial charge is 0.329 e. The van der Waals surface area contributed by atoms with Crippen LogP contribution in [0.15, 0.2) is 12.4 Å². The van der Waals surface area contributed by atoms with E-state index in [-0.39, 0.29) is 11.9 Å². The molecular formula is C15H19Cl2N5O. The van der Waals surface area contributed by atoms with Crippen LogP contribution in [-0.4, -0.2) is 36.9 Å². The molecule has 2 aromatic rings. The summed E-state index contributed by atoms with van der Waals surface area (Å²) in [4.78, 5) is 14.9. The van der Waals surface area contributed by atoms with Gasteiger partial charge in [0.15, 0.2) is 0 Å². The van der Waals surface area contributed by atoms with Gasteiger partial charge in [-0.1, -0.05) is 36.0 Å². The van der Waals surface area contributed by atoms with E-state index in [9.17, 15) is 4.79 Å². The molecule has 2 aromatic heterocycles. The molecule has 1 unspecified atom stereocenters. The molecular weight excluding hydrogens is 337 g/mol. The maximum Gasteiger partial charge on any atom is 0.274 e. The number of carbonyl (C=O) groups is 1. The van der Waals surface area contributed by atoms with E-state index in [1.165, 1.54) is 10.9 Å². The summed E-state index contributed by atoms with van der Waals surface area (Å²) in [6.07, 6.45) is 7.20. The zero-order valence-electron chi connectivity index (χ0n) is 13.2. The standard InChI is InChI=1S/C15H19Cl2N5O/c1-20-9-11(17)13(19-20)12-6-4-3-5-7-22(12)15(23)14-10(16)8-18-21(14)2/h8-9,12H,3-7H2,1-2H3. The minimum atomic E-state index is -0.135. The van der Waals surface area contributed by atoms with Crippen molar-refractivity contribution in [2.75, 3.05) is 6.54 Å². The highest BCUT2D eigenvalue weighted by atomic mass is 35.5. The minimum absolute atomic E-state index is 0.122. The molecule has 0 saturated carbocycles. The number of aryl methyl sites for hydroxylation is 2. The van der Waals surface area contributed by atoms with Crippen LogP contribution in [0, 0.1) is 0 Å². The summed E-state index contributed by atoms with van der Waals surface area (Å²) in [7, 11) is 3.55. The van der Waals surface area contributed by atoms with E-state index in [1.54, 1.807) is 17.9 Å². The number of halogens is 2. The van der Waals surface area contributed by atoms with Crippen molar-refractivity contribution in [3.05, 3.63) is 33.8 Å². The molecule has 1 saturated heterocycles. The van der Waals surface area contributed by atoms with Crippen LogP contribution in [0.1, 0.15) is 47.9 Å². The third-order valence-electron chi connectivity index (χ3n) is 4.24. The Hall–Kier alpha value is -1.53. The van der Waals surface area contributed by atoms with Crippen LogP contribution in [0.3, 0.4) is 0 Å². The van der Waals surface area contributed by atoms with Crippen LogP contribution >= 0.6 is 23.2 Å². The van der Waals surface area contributed by atoms with Crippen molar-refractivity contribution < 1.29 is 4.79 Å². The fourth-order valence-electron chi connectivity index (χ4n) is 3.13. The lowest BCUT2D eigenvalue weighted by atomic mass is 10.1. The Morgan fingerprint density at radius 3 is 2.61 bits per heavy atom. The van der Waals surface area contributed by atoms with Crippen molar-refractivity contribution in [2.24, 2.45) is 14.1 Å². The van der Waals surface area contributed by atoms with Gasteiger partial charge < -0.3 is 4.90 Å². The zero-order chi connectivity index (χ0) is 16.6. The summed E-state index contributed by atoms with van der Waals surface area (Å²) in [5, 5.41) is 9.50. The maximum atomic E-state index is 13.1. The number of carbonyl (C=O) groups excluding carboxylic acids is 1. The molecule has 1 amide bonds. The average Bonchev–Trinajstić information content (AvgIpc) is 2.90. The van der Waals surface area contributed by atoms with Crippen molar-refractivity contribution in [3.63, 3.8) is 0 Å². The van der Waals surface area contributed by atoms with Crippen molar-refractivity contribution >= 4 is 29.1 Å². The van der Waals surface area contributed by atoms with Gasteiger partial charge >= 0.3 is 0 Å². The fourth-order valence-corrected chi connectivity index (χ4v) is 3.68. The third kappa shape index (κ3) is 3.10. The van der Waals surface area contributed by atoms with Gasteiger partial charge in [0.2, 0.25) is 0 Å². The molecule has 1 atom stereocenters. The van der Waals surface area contributed by atoms with Crippen molar-refractivity contribution in [1.29, 1.82) is 0 Å². The maximum absolute atomic E-state index is 13.1. The molecule has 0 aliphatic carbocycles. The molecule has 0 N–H and O–H groups in total. The van der Waals surface area contributed by atoms with Crippen LogP contribution in [0.4, 0.5) is 0 Å². The summed E-state index contributed by atoms with van der Waals surface area (Å²) in [5.41, 5.74) is 1.16. The number of nitrogens with zero attached hydrogens (tertiary/aromatic N) is 5. The van der Waals surface area contributed by atoms with Gasteiger partial charge in [0, 0.05) is 26.8 Å². The van der Waals surface area contributed by atoms with E-state index in [1.807, 2.05) is 11.9 Å².